The summed E-state index contributed by atoms with van der Waals surface area (Å²) in [7, 11) is 0. The molecule has 4 unspecified atom stereocenters. The van der Waals surface area contributed by atoms with Gasteiger partial charge in [-0.25, -0.2) is 0 Å². The summed E-state index contributed by atoms with van der Waals surface area (Å²) in [5.74, 6) is 7.48. The summed E-state index contributed by atoms with van der Waals surface area (Å²) in [6, 6.07) is 0. The van der Waals surface area contributed by atoms with E-state index in [0.29, 0.717) is 21.7 Å². The Morgan fingerprint density at radius 3 is 1.60 bits per heavy atom. The van der Waals surface area contributed by atoms with Crippen molar-refractivity contribution in [3.05, 3.63) is 0 Å². The van der Waals surface area contributed by atoms with Crippen LogP contribution >= 0.6 is 47.0 Å². The fourth-order valence-corrected chi connectivity index (χ4v) is 8.22. The van der Waals surface area contributed by atoms with Crippen molar-refractivity contribution < 1.29 is 9.47 Å². The van der Waals surface area contributed by atoms with E-state index in [0.717, 1.165) is 13.2 Å². The molecule has 0 N–H and O–H groups in total. The van der Waals surface area contributed by atoms with E-state index in [1.807, 2.05) is 0 Å². The monoisotopic (exact) mass is 352 g/mol. The Balaban J connectivity index is 1.35. The van der Waals surface area contributed by atoms with Crippen LogP contribution in [0.25, 0.3) is 0 Å². The van der Waals surface area contributed by atoms with Crippen LogP contribution in [-0.2, 0) is 9.47 Å². The van der Waals surface area contributed by atoms with E-state index in [-0.39, 0.29) is 0 Å². The Bertz CT molecular complexity index is 291. The van der Waals surface area contributed by atoms with Gasteiger partial charge in [0.05, 0.1) is 25.4 Å². The number of hydrogen-bond acceptors (Lipinski definition) is 6. The molecule has 3 fully saturated rings. The van der Waals surface area contributed by atoms with Gasteiger partial charge in [-0.1, -0.05) is 0 Å². The van der Waals surface area contributed by atoms with Crippen LogP contribution in [-0.4, -0.2) is 69.4 Å². The summed E-state index contributed by atoms with van der Waals surface area (Å²) < 4.78 is 11.5. The predicted molar refractivity (Wildman–Crippen MR) is 95.9 cm³/mol. The van der Waals surface area contributed by atoms with Gasteiger partial charge in [0, 0.05) is 44.0 Å². The van der Waals surface area contributed by atoms with E-state index in [1.165, 1.54) is 34.5 Å². The summed E-state index contributed by atoms with van der Waals surface area (Å²) >= 11 is 8.54. The standard InChI is InChI=1S/C14H24O2S4/c1-13(7-17-5-11-3-15-11)9-20-14(2,10-19-13)8-18-6-12-4-16-12/h11-12H,3-10H2,1-2H3. The lowest BCUT2D eigenvalue weighted by Crippen LogP contribution is -2.41. The highest BCUT2D eigenvalue weighted by Gasteiger charge is 2.39. The smallest absolute Gasteiger partial charge is 0.0900 e. The summed E-state index contributed by atoms with van der Waals surface area (Å²) in [5, 5.41) is 0. The fourth-order valence-electron chi connectivity index (χ4n) is 2.04. The minimum atomic E-state index is 0.452. The fraction of sp³-hybridized carbons (Fsp3) is 1.00. The zero-order chi connectivity index (χ0) is 14.1. The molecule has 3 saturated heterocycles. The summed E-state index contributed by atoms with van der Waals surface area (Å²) in [5.41, 5.74) is 0. The lowest BCUT2D eigenvalue weighted by atomic mass is 10.2. The molecule has 0 amide bonds. The van der Waals surface area contributed by atoms with Crippen LogP contribution in [0.15, 0.2) is 0 Å². The zero-order valence-corrected chi connectivity index (χ0v) is 15.5. The molecule has 0 aliphatic carbocycles. The van der Waals surface area contributed by atoms with E-state index in [2.05, 4.69) is 60.9 Å². The topological polar surface area (TPSA) is 25.1 Å². The van der Waals surface area contributed by atoms with Crippen LogP contribution in [0.4, 0.5) is 0 Å². The SMILES string of the molecule is CC1(CSCC2CO2)CSC(C)(CSCC2CO2)CS1. The highest BCUT2D eigenvalue weighted by Crippen LogP contribution is 2.47. The minimum Gasteiger partial charge on any atom is -0.372 e. The molecule has 0 aromatic heterocycles. The van der Waals surface area contributed by atoms with Crippen molar-refractivity contribution in [1.29, 1.82) is 0 Å². The van der Waals surface area contributed by atoms with Crippen molar-refractivity contribution in [1.82, 2.24) is 0 Å². The Hall–Kier alpha value is 1.32. The van der Waals surface area contributed by atoms with Crippen molar-refractivity contribution in [2.45, 2.75) is 35.5 Å². The molecule has 0 bridgehead atoms. The first-order valence-corrected chi connectivity index (χ1v) is 11.5. The van der Waals surface area contributed by atoms with Crippen LogP contribution in [0.3, 0.4) is 0 Å². The largest absolute Gasteiger partial charge is 0.372 e. The number of hydrogen-bond donors (Lipinski definition) is 0. The van der Waals surface area contributed by atoms with Gasteiger partial charge in [-0.2, -0.15) is 47.0 Å². The number of rotatable bonds is 8. The molecule has 3 aliphatic heterocycles. The first-order chi connectivity index (χ1) is 9.57. The minimum absolute atomic E-state index is 0.452. The van der Waals surface area contributed by atoms with E-state index >= 15 is 0 Å². The van der Waals surface area contributed by atoms with Crippen molar-refractivity contribution >= 4 is 47.0 Å². The van der Waals surface area contributed by atoms with Gasteiger partial charge in [-0.3, -0.25) is 0 Å². The van der Waals surface area contributed by atoms with Crippen LogP contribution in [0.2, 0.25) is 0 Å². The van der Waals surface area contributed by atoms with Crippen LogP contribution in [0.5, 0.6) is 0 Å². The van der Waals surface area contributed by atoms with E-state index in [1.54, 1.807) is 0 Å². The molecule has 0 aromatic carbocycles. The third-order valence-electron chi connectivity index (χ3n) is 3.68. The molecule has 0 aromatic rings. The molecule has 4 atom stereocenters. The van der Waals surface area contributed by atoms with E-state index in [9.17, 15) is 0 Å². The van der Waals surface area contributed by atoms with E-state index in [4.69, 9.17) is 9.47 Å². The van der Waals surface area contributed by atoms with Gasteiger partial charge in [0.1, 0.15) is 0 Å². The zero-order valence-electron chi connectivity index (χ0n) is 12.3. The molecular formula is C14H24O2S4. The quantitative estimate of drug-likeness (QED) is 0.622. The van der Waals surface area contributed by atoms with Gasteiger partial charge in [0.2, 0.25) is 0 Å². The van der Waals surface area contributed by atoms with Crippen LogP contribution in [0, 0.1) is 0 Å². The molecule has 0 spiro atoms. The number of ether oxygens (including phenoxy) is 2. The summed E-state index contributed by atoms with van der Waals surface area (Å²) in [4.78, 5) is 0. The van der Waals surface area contributed by atoms with Crippen molar-refractivity contribution in [2.75, 3.05) is 47.7 Å². The maximum Gasteiger partial charge on any atom is 0.0900 e. The Labute approximate surface area is 139 Å². The molecule has 2 nitrogen and oxygen atoms in total. The van der Waals surface area contributed by atoms with E-state index < -0.39 is 0 Å². The molecule has 0 saturated carbocycles. The first-order valence-electron chi connectivity index (χ1n) is 7.24. The number of thioether (sulfide) groups is 4. The molecule has 3 aliphatic rings. The van der Waals surface area contributed by atoms with Crippen LogP contribution < -0.4 is 0 Å². The molecule has 3 rings (SSSR count). The number of epoxide rings is 2. The third-order valence-corrected chi connectivity index (χ3v) is 10.8. The maximum atomic E-state index is 5.29. The second kappa shape index (κ2) is 6.83. The summed E-state index contributed by atoms with van der Waals surface area (Å²) in [6.45, 7) is 6.86. The van der Waals surface area contributed by atoms with Gasteiger partial charge in [-0.15, -0.1) is 0 Å². The Morgan fingerprint density at radius 1 is 0.900 bits per heavy atom. The van der Waals surface area contributed by atoms with Gasteiger partial charge >= 0.3 is 0 Å². The van der Waals surface area contributed by atoms with Gasteiger partial charge < -0.3 is 9.47 Å². The van der Waals surface area contributed by atoms with Crippen molar-refractivity contribution in [3.8, 4) is 0 Å². The average molecular weight is 353 g/mol. The highest BCUT2D eigenvalue weighted by molar-refractivity contribution is 8.10. The molecule has 116 valence electrons. The molecular weight excluding hydrogens is 328 g/mol. The molecule has 20 heavy (non-hydrogen) atoms. The Morgan fingerprint density at radius 2 is 1.30 bits per heavy atom. The molecule has 0 radical (unpaired) electrons. The van der Waals surface area contributed by atoms with Crippen LogP contribution in [0.1, 0.15) is 13.8 Å². The van der Waals surface area contributed by atoms with Gasteiger partial charge in [-0.05, 0) is 13.8 Å². The van der Waals surface area contributed by atoms with Gasteiger partial charge in [0.15, 0.2) is 0 Å². The first kappa shape index (κ1) is 16.2. The van der Waals surface area contributed by atoms with Crippen molar-refractivity contribution in [2.24, 2.45) is 0 Å². The predicted octanol–water partition coefficient (Wildman–Crippen LogP) is 3.25. The normalized spacial score (nSPS) is 43.5. The average Bonchev–Trinajstić information content (AvgIpc) is 3.28. The second-order valence-corrected chi connectivity index (χ2v) is 11.6. The third kappa shape index (κ3) is 5.20. The highest BCUT2D eigenvalue weighted by atomic mass is 32.2. The lowest BCUT2D eigenvalue weighted by molar-refractivity contribution is 0.426. The Kier molecular flexibility index (Phi) is 5.53. The molecule has 3 heterocycles. The second-order valence-electron chi connectivity index (χ2n) is 6.42. The lowest BCUT2D eigenvalue weighted by Gasteiger charge is -2.42. The van der Waals surface area contributed by atoms with Crippen molar-refractivity contribution in [3.63, 3.8) is 0 Å². The summed E-state index contributed by atoms with van der Waals surface area (Å²) in [6.07, 6.45) is 1.13. The molecule has 6 heteroatoms. The van der Waals surface area contributed by atoms with Gasteiger partial charge in [0.25, 0.3) is 0 Å². The maximum absolute atomic E-state index is 5.29.